The molecule has 25 heavy (non-hydrogen) atoms. The van der Waals surface area contributed by atoms with Crippen LogP contribution in [0, 0.1) is 13.8 Å². The van der Waals surface area contributed by atoms with Gasteiger partial charge in [-0.3, -0.25) is 0 Å². The highest BCUT2D eigenvalue weighted by atomic mass is 16.3. The zero-order valence-corrected chi connectivity index (χ0v) is 14.3. The third-order valence-electron chi connectivity index (χ3n) is 4.74. The second-order valence-corrected chi connectivity index (χ2v) is 6.47. The van der Waals surface area contributed by atoms with E-state index < -0.39 is 6.10 Å². The number of fused-ring (bicyclic) bond motifs is 1. The van der Waals surface area contributed by atoms with Gasteiger partial charge in [-0.25, -0.2) is 4.98 Å². The molecule has 124 valence electrons. The van der Waals surface area contributed by atoms with Crippen molar-refractivity contribution in [3.63, 3.8) is 0 Å². The summed E-state index contributed by atoms with van der Waals surface area (Å²) >= 11 is 0. The maximum atomic E-state index is 10.7. The molecule has 0 aliphatic rings. The number of hydrogen-bond donors (Lipinski definition) is 2. The number of H-pyrrole nitrogens is 1. The van der Waals surface area contributed by atoms with Crippen molar-refractivity contribution in [1.29, 1.82) is 0 Å². The van der Waals surface area contributed by atoms with E-state index in [-0.39, 0.29) is 0 Å². The fourth-order valence-electron chi connectivity index (χ4n) is 3.04. The average Bonchev–Trinajstić information content (AvgIpc) is 3.08. The summed E-state index contributed by atoms with van der Waals surface area (Å²) < 4.78 is 0. The van der Waals surface area contributed by atoms with Gasteiger partial charge in [-0.15, -0.1) is 0 Å². The maximum absolute atomic E-state index is 10.7. The van der Waals surface area contributed by atoms with E-state index in [0.717, 1.165) is 33.5 Å². The first-order chi connectivity index (χ1) is 12.1. The van der Waals surface area contributed by atoms with Gasteiger partial charge in [0.15, 0.2) is 0 Å². The van der Waals surface area contributed by atoms with E-state index in [1.165, 1.54) is 11.1 Å². The molecule has 0 saturated carbocycles. The van der Waals surface area contributed by atoms with Gasteiger partial charge < -0.3 is 10.1 Å². The largest absolute Gasteiger partial charge is 0.384 e. The fourth-order valence-corrected chi connectivity index (χ4v) is 3.04. The van der Waals surface area contributed by atoms with Crippen LogP contribution in [0.1, 0.15) is 28.4 Å². The predicted octanol–water partition coefficient (Wildman–Crippen LogP) is 4.93. The second kappa shape index (κ2) is 6.19. The van der Waals surface area contributed by atoms with Crippen LogP contribution in [0.25, 0.3) is 22.4 Å². The molecule has 1 aromatic heterocycles. The van der Waals surface area contributed by atoms with Gasteiger partial charge in [0.25, 0.3) is 0 Å². The number of nitrogens with one attached hydrogen (secondary N) is 1. The summed E-state index contributed by atoms with van der Waals surface area (Å²) in [7, 11) is 0. The number of aromatic amines is 1. The number of nitrogens with zero attached hydrogens (tertiary/aromatic N) is 1. The zero-order valence-electron chi connectivity index (χ0n) is 14.3. The minimum Gasteiger partial charge on any atom is -0.384 e. The highest BCUT2D eigenvalue weighted by Crippen LogP contribution is 2.26. The van der Waals surface area contributed by atoms with Crippen LogP contribution in [-0.4, -0.2) is 15.1 Å². The number of imidazole rings is 1. The van der Waals surface area contributed by atoms with Gasteiger partial charge in [-0.2, -0.15) is 0 Å². The number of hydrogen-bond acceptors (Lipinski definition) is 2. The summed E-state index contributed by atoms with van der Waals surface area (Å²) in [4.78, 5) is 7.95. The predicted molar refractivity (Wildman–Crippen MR) is 102 cm³/mol. The van der Waals surface area contributed by atoms with Gasteiger partial charge in [0.2, 0.25) is 0 Å². The van der Waals surface area contributed by atoms with Crippen LogP contribution in [-0.2, 0) is 0 Å². The smallest absolute Gasteiger partial charge is 0.138 e. The number of para-hydroxylation sites is 2. The molecular weight excluding hydrogens is 308 g/mol. The quantitative estimate of drug-likeness (QED) is 0.560. The van der Waals surface area contributed by atoms with Gasteiger partial charge in [-0.05, 0) is 48.2 Å². The molecule has 0 saturated heterocycles. The standard InChI is InChI=1S/C22H20N2O/c1-14-7-8-18(13-15(14)2)21(25)16-9-11-17(12-10-16)22-23-19-5-3-4-6-20(19)24-22/h3-13,21,25H,1-2H3,(H,23,24). The zero-order chi connectivity index (χ0) is 17.4. The van der Waals surface area contributed by atoms with Gasteiger partial charge in [-0.1, -0.05) is 54.6 Å². The molecule has 3 nitrogen and oxygen atoms in total. The summed E-state index contributed by atoms with van der Waals surface area (Å²) in [6.07, 6.45) is -0.621. The molecule has 2 N–H and O–H groups in total. The summed E-state index contributed by atoms with van der Waals surface area (Å²) in [6.45, 7) is 4.14. The lowest BCUT2D eigenvalue weighted by molar-refractivity contribution is 0.220. The average molecular weight is 328 g/mol. The number of aliphatic hydroxyl groups is 1. The Balaban J connectivity index is 1.63. The monoisotopic (exact) mass is 328 g/mol. The van der Waals surface area contributed by atoms with Gasteiger partial charge in [0, 0.05) is 5.56 Å². The molecule has 0 fully saturated rings. The molecule has 1 unspecified atom stereocenters. The van der Waals surface area contributed by atoms with Gasteiger partial charge in [0.05, 0.1) is 11.0 Å². The SMILES string of the molecule is Cc1ccc(C(O)c2ccc(-c3nc4ccccc4[nH]3)cc2)cc1C. The molecular formula is C22H20N2O. The summed E-state index contributed by atoms with van der Waals surface area (Å²) in [5.41, 5.74) is 7.20. The van der Waals surface area contributed by atoms with Crippen LogP contribution in [0.4, 0.5) is 0 Å². The van der Waals surface area contributed by atoms with Crippen molar-refractivity contribution < 1.29 is 5.11 Å². The maximum Gasteiger partial charge on any atom is 0.138 e. The van der Waals surface area contributed by atoms with Crippen LogP contribution < -0.4 is 0 Å². The number of rotatable bonds is 3. The van der Waals surface area contributed by atoms with Crippen molar-refractivity contribution in [3.05, 3.63) is 89.0 Å². The Hall–Kier alpha value is -2.91. The van der Waals surface area contributed by atoms with Crippen molar-refractivity contribution in [2.45, 2.75) is 20.0 Å². The number of benzene rings is 3. The molecule has 0 aliphatic carbocycles. The van der Waals surface area contributed by atoms with E-state index in [9.17, 15) is 5.11 Å². The molecule has 4 aromatic rings. The summed E-state index contributed by atoms with van der Waals surface area (Å²) in [5.74, 6) is 0.841. The number of aliphatic hydroxyl groups excluding tert-OH is 1. The highest BCUT2D eigenvalue weighted by molar-refractivity contribution is 5.79. The fraction of sp³-hybridized carbons (Fsp3) is 0.136. The Morgan fingerprint density at radius 3 is 2.28 bits per heavy atom. The molecule has 0 amide bonds. The van der Waals surface area contributed by atoms with Crippen molar-refractivity contribution >= 4 is 11.0 Å². The van der Waals surface area contributed by atoms with Gasteiger partial charge in [0.1, 0.15) is 11.9 Å². The Morgan fingerprint density at radius 1 is 0.840 bits per heavy atom. The van der Waals surface area contributed by atoms with Crippen molar-refractivity contribution in [1.82, 2.24) is 9.97 Å². The Kier molecular flexibility index (Phi) is 3.86. The normalized spacial score (nSPS) is 12.4. The minimum absolute atomic E-state index is 0.621. The molecule has 0 bridgehead atoms. The van der Waals surface area contributed by atoms with Crippen LogP contribution in [0.5, 0.6) is 0 Å². The molecule has 0 aliphatic heterocycles. The van der Waals surface area contributed by atoms with E-state index in [0.29, 0.717) is 0 Å². The third kappa shape index (κ3) is 2.94. The van der Waals surface area contributed by atoms with Crippen molar-refractivity contribution in [3.8, 4) is 11.4 Å². The van der Waals surface area contributed by atoms with E-state index in [1.54, 1.807) is 0 Å². The Labute approximate surface area is 147 Å². The van der Waals surface area contributed by atoms with Crippen LogP contribution in [0.15, 0.2) is 66.7 Å². The topological polar surface area (TPSA) is 48.9 Å². The first-order valence-electron chi connectivity index (χ1n) is 8.42. The van der Waals surface area contributed by atoms with E-state index >= 15 is 0 Å². The van der Waals surface area contributed by atoms with Crippen LogP contribution in [0.2, 0.25) is 0 Å². The molecule has 1 heterocycles. The van der Waals surface area contributed by atoms with Crippen LogP contribution >= 0.6 is 0 Å². The lowest BCUT2D eigenvalue weighted by Crippen LogP contribution is -2.00. The molecule has 4 rings (SSSR count). The Morgan fingerprint density at radius 2 is 1.56 bits per heavy atom. The van der Waals surface area contributed by atoms with E-state index in [1.807, 2.05) is 60.7 Å². The second-order valence-electron chi connectivity index (χ2n) is 6.47. The van der Waals surface area contributed by atoms with E-state index in [2.05, 4.69) is 29.9 Å². The number of aromatic nitrogens is 2. The van der Waals surface area contributed by atoms with Crippen molar-refractivity contribution in [2.75, 3.05) is 0 Å². The molecule has 0 radical (unpaired) electrons. The molecule has 3 aromatic carbocycles. The Bertz CT molecular complexity index is 999. The molecule has 3 heteroatoms. The van der Waals surface area contributed by atoms with E-state index in [4.69, 9.17) is 0 Å². The van der Waals surface area contributed by atoms with Crippen LogP contribution in [0.3, 0.4) is 0 Å². The lowest BCUT2D eigenvalue weighted by Gasteiger charge is -2.13. The minimum atomic E-state index is -0.621. The van der Waals surface area contributed by atoms with Gasteiger partial charge >= 0.3 is 0 Å². The first kappa shape index (κ1) is 15.6. The molecule has 0 spiro atoms. The molecule has 1 atom stereocenters. The summed E-state index contributed by atoms with van der Waals surface area (Å²) in [6, 6.07) is 22.0. The first-order valence-corrected chi connectivity index (χ1v) is 8.42. The van der Waals surface area contributed by atoms with Crippen molar-refractivity contribution in [2.24, 2.45) is 0 Å². The number of aryl methyl sites for hydroxylation is 2. The highest BCUT2D eigenvalue weighted by Gasteiger charge is 2.12. The summed E-state index contributed by atoms with van der Waals surface area (Å²) in [5, 5.41) is 10.7. The lowest BCUT2D eigenvalue weighted by atomic mass is 9.97. The third-order valence-corrected chi connectivity index (χ3v) is 4.74.